The van der Waals surface area contributed by atoms with E-state index in [1.165, 1.54) is 0 Å². The van der Waals surface area contributed by atoms with Crippen LogP contribution in [0.4, 0.5) is 0 Å². The molecular formula is C23H30N4O4. The Hall–Kier alpha value is -2.87. The van der Waals surface area contributed by atoms with Crippen molar-refractivity contribution in [2.45, 2.75) is 45.4 Å². The molecule has 0 radical (unpaired) electrons. The molecule has 8 heteroatoms. The van der Waals surface area contributed by atoms with E-state index in [4.69, 9.17) is 9.47 Å². The number of rotatable bonds is 6. The van der Waals surface area contributed by atoms with Gasteiger partial charge in [-0.1, -0.05) is 19.1 Å². The first-order chi connectivity index (χ1) is 15.1. The van der Waals surface area contributed by atoms with E-state index < -0.39 is 0 Å². The van der Waals surface area contributed by atoms with Crippen LogP contribution in [0.1, 0.15) is 54.0 Å². The smallest absolute Gasteiger partial charge is 0.274 e. The van der Waals surface area contributed by atoms with Crippen LogP contribution in [-0.2, 0) is 22.7 Å². The first-order valence-corrected chi connectivity index (χ1v) is 11.0. The molecule has 1 N–H and O–H groups in total. The van der Waals surface area contributed by atoms with Gasteiger partial charge in [-0.2, -0.15) is 0 Å². The second-order valence-electron chi connectivity index (χ2n) is 8.12. The van der Waals surface area contributed by atoms with Gasteiger partial charge in [-0.15, -0.1) is 0 Å². The van der Waals surface area contributed by atoms with Crippen LogP contribution in [-0.4, -0.2) is 53.0 Å². The second-order valence-corrected chi connectivity index (χ2v) is 8.12. The largest absolute Gasteiger partial charge is 0.497 e. The highest BCUT2D eigenvalue weighted by Crippen LogP contribution is 2.29. The van der Waals surface area contributed by atoms with Gasteiger partial charge >= 0.3 is 0 Å². The molecule has 0 saturated carbocycles. The molecule has 2 aliphatic rings. The zero-order chi connectivity index (χ0) is 21.8. The van der Waals surface area contributed by atoms with Crippen LogP contribution < -0.4 is 10.1 Å². The van der Waals surface area contributed by atoms with Crippen LogP contribution in [0.15, 0.2) is 30.6 Å². The molecule has 0 spiro atoms. The van der Waals surface area contributed by atoms with Crippen molar-refractivity contribution in [3.05, 3.63) is 47.5 Å². The van der Waals surface area contributed by atoms with E-state index in [2.05, 4.69) is 10.3 Å². The van der Waals surface area contributed by atoms with Crippen molar-refractivity contribution in [1.29, 1.82) is 0 Å². The fourth-order valence-electron chi connectivity index (χ4n) is 4.21. The van der Waals surface area contributed by atoms with Crippen LogP contribution in [0, 0.1) is 5.92 Å². The van der Waals surface area contributed by atoms with E-state index in [0.29, 0.717) is 51.3 Å². The molecule has 0 aliphatic carbocycles. The van der Waals surface area contributed by atoms with Crippen molar-refractivity contribution in [3.8, 4) is 5.75 Å². The summed E-state index contributed by atoms with van der Waals surface area (Å²) in [5, 5.41) is 2.96. The molecule has 1 saturated heterocycles. The van der Waals surface area contributed by atoms with Gasteiger partial charge in [0.15, 0.2) is 5.69 Å². The quantitative estimate of drug-likeness (QED) is 0.767. The molecule has 0 unspecified atom stereocenters. The van der Waals surface area contributed by atoms with E-state index in [0.717, 1.165) is 23.4 Å². The predicted molar refractivity (Wildman–Crippen MR) is 115 cm³/mol. The minimum Gasteiger partial charge on any atom is -0.497 e. The fraction of sp³-hybridized carbons (Fsp3) is 0.522. The minimum absolute atomic E-state index is 0.0138. The van der Waals surface area contributed by atoms with Gasteiger partial charge in [-0.25, -0.2) is 4.98 Å². The van der Waals surface area contributed by atoms with E-state index in [9.17, 15) is 9.59 Å². The van der Waals surface area contributed by atoms with Gasteiger partial charge in [0.1, 0.15) is 11.9 Å². The molecule has 2 amide bonds. The lowest BCUT2D eigenvalue weighted by atomic mass is 9.95. The zero-order valence-electron chi connectivity index (χ0n) is 18.2. The molecule has 1 aromatic carbocycles. The first kappa shape index (κ1) is 21.4. The third kappa shape index (κ3) is 4.58. The summed E-state index contributed by atoms with van der Waals surface area (Å²) in [6.45, 7) is 4.84. The molecule has 4 rings (SSSR count). The zero-order valence-corrected chi connectivity index (χ0v) is 18.2. The fourth-order valence-corrected chi connectivity index (χ4v) is 4.21. The van der Waals surface area contributed by atoms with Crippen LogP contribution in [0.25, 0.3) is 0 Å². The van der Waals surface area contributed by atoms with E-state index in [1.54, 1.807) is 13.4 Å². The van der Waals surface area contributed by atoms with Crippen molar-refractivity contribution >= 4 is 11.8 Å². The number of ether oxygens (including phenoxy) is 2. The molecule has 1 fully saturated rings. The first-order valence-electron chi connectivity index (χ1n) is 11.0. The predicted octanol–water partition coefficient (Wildman–Crippen LogP) is 2.54. The number of hydrogen-bond donors (Lipinski definition) is 1. The summed E-state index contributed by atoms with van der Waals surface area (Å²) >= 11 is 0. The molecule has 166 valence electrons. The van der Waals surface area contributed by atoms with Crippen LogP contribution in [0.3, 0.4) is 0 Å². The van der Waals surface area contributed by atoms with Gasteiger partial charge < -0.3 is 24.3 Å². The monoisotopic (exact) mass is 426 g/mol. The Balaban J connectivity index is 1.37. The summed E-state index contributed by atoms with van der Waals surface area (Å²) < 4.78 is 13.3. The number of carbonyl (C=O) groups is 2. The summed E-state index contributed by atoms with van der Waals surface area (Å²) in [5.74, 6) is 0.821. The number of benzene rings is 1. The normalized spacial score (nSPS) is 19.0. The number of carbonyl (C=O) groups excluding carboxylic acids is 2. The molecule has 3 heterocycles. The number of aromatic nitrogens is 2. The number of amides is 2. The number of methoxy groups -OCH3 is 1. The number of nitrogens with one attached hydrogen (secondary N) is 1. The second kappa shape index (κ2) is 9.51. The van der Waals surface area contributed by atoms with Crippen LogP contribution in [0.5, 0.6) is 5.75 Å². The third-order valence-corrected chi connectivity index (χ3v) is 6.12. The average Bonchev–Trinajstić information content (AvgIpc) is 3.25. The molecular weight excluding hydrogens is 396 g/mol. The lowest BCUT2D eigenvalue weighted by Gasteiger charge is -2.31. The SMILES string of the molecule is CCCNC(=O)C1CCN(C(=O)c2ncn3c2CO[C@H](c2ccc(OC)cc2)C3)CC1. The Morgan fingerprint density at radius 2 is 1.97 bits per heavy atom. The molecule has 31 heavy (non-hydrogen) atoms. The van der Waals surface area contributed by atoms with Crippen LogP contribution in [0.2, 0.25) is 0 Å². The number of hydrogen-bond acceptors (Lipinski definition) is 5. The maximum Gasteiger partial charge on any atom is 0.274 e. The van der Waals surface area contributed by atoms with Gasteiger partial charge in [0.05, 0.1) is 32.3 Å². The molecule has 0 bridgehead atoms. The van der Waals surface area contributed by atoms with E-state index in [1.807, 2.05) is 40.7 Å². The highest BCUT2D eigenvalue weighted by Gasteiger charge is 2.32. The Kier molecular flexibility index (Phi) is 6.56. The van der Waals surface area contributed by atoms with Gasteiger partial charge in [-0.05, 0) is 37.0 Å². The molecule has 1 atom stereocenters. The molecule has 2 aliphatic heterocycles. The standard InChI is InChI=1S/C23H30N4O4/c1-3-10-24-22(28)17-8-11-26(12-9-17)23(29)21-19-14-31-20(13-27(19)15-25-21)16-4-6-18(30-2)7-5-16/h4-7,15,17,20H,3,8-14H2,1-2H3,(H,24,28)/t20-/m0/s1. The summed E-state index contributed by atoms with van der Waals surface area (Å²) in [5.41, 5.74) is 2.34. The number of piperidine rings is 1. The maximum atomic E-state index is 13.1. The molecule has 1 aromatic heterocycles. The van der Waals surface area contributed by atoms with Crippen molar-refractivity contribution < 1.29 is 19.1 Å². The maximum absolute atomic E-state index is 13.1. The van der Waals surface area contributed by atoms with Gasteiger partial charge in [0, 0.05) is 25.6 Å². The average molecular weight is 427 g/mol. The van der Waals surface area contributed by atoms with Gasteiger partial charge in [0.2, 0.25) is 5.91 Å². The van der Waals surface area contributed by atoms with Gasteiger partial charge in [0.25, 0.3) is 5.91 Å². The van der Waals surface area contributed by atoms with Crippen molar-refractivity contribution in [2.24, 2.45) is 5.92 Å². The third-order valence-electron chi connectivity index (χ3n) is 6.12. The number of fused-ring (bicyclic) bond motifs is 1. The highest BCUT2D eigenvalue weighted by atomic mass is 16.5. The Morgan fingerprint density at radius 1 is 1.23 bits per heavy atom. The van der Waals surface area contributed by atoms with Crippen molar-refractivity contribution in [3.63, 3.8) is 0 Å². The Morgan fingerprint density at radius 3 is 2.65 bits per heavy atom. The van der Waals surface area contributed by atoms with Crippen molar-refractivity contribution in [1.82, 2.24) is 19.8 Å². The Labute approximate surface area is 182 Å². The highest BCUT2D eigenvalue weighted by molar-refractivity contribution is 5.93. The Bertz CT molecular complexity index is 916. The number of nitrogens with zero attached hydrogens (tertiary/aromatic N) is 3. The minimum atomic E-state index is -0.0899. The summed E-state index contributed by atoms with van der Waals surface area (Å²) in [6.07, 6.45) is 3.94. The number of likely N-dealkylation sites (tertiary alicyclic amines) is 1. The van der Waals surface area contributed by atoms with E-state index >= 15 is 0 Å². The topological polar surface area (TPSA) is 85.7 Å². The van der Waals surface area contributed by atoms with Gasteiger partial charge in [-0.3, -0.25) is 9.59 Å². The summed E-state index contributed by atoms with van der Waals surface area (Å²) in [7, 11) is 1.64. The molecule has 8 nitrogen and oxygen atoms in total. The lowest BCUT2D eigenvalue weighted by Crippen LogP contribution is -2.43. The van der Waals surface area contributed by atoms with Crippen molar-refractivity contribution in [2.75, 3.05) is 26.7 Å². The molecule has 2 aromatic rings. The van der Waals surface area contributed by atoms with Crippen LogP contribution >= 0.6 is 0 Å². The summed E-state index contributed by atoms with van der Waals surface area (Å²) in [4.78, 5) is 31.5. The summed E-state index contributed by atoms with van der Waals surface area (Å²) in [6, 6.07) is 7.84. The van der Waals surface area contributed by atoms with E-state index in [-0.39, 0.29) is 23.8 Å². The number of imidazole rings is 1. The lowest BCUT2D eigenvalue weighted by molar-refractivity contribution is -0.126.